The van der Waals surface area contributed by atoms with E-state index in [1.165, 1.54) is 32.6 Å². The van der Waals surface area contributed by atoms with Gasteiger partial charge in [0.1, 0.15) is 0 Å². The fourth-order valence-electron chi connectivity index (χ4n) is 2.27. The van der Waals surface area contributed by atoms with Crippen molar-refractivity contribution in [2.24, 2.45) is 5.73 Å². The molecule has 1 aliphatic carbocycles. The summed E-state index contributed by atoms with van der Waals surface area (Å²) in [7, 11) is 0. The number of fused-ring (bicyclic) bond motifs is 1. The van der Waals surface area contributed by atoms with E-state index in [1.807, 2.05) is 11.3 Å². The minimum Gasteiger partial charge on any atom is -0.370 e. The molecule has 0 aliphatic heterocycles. The number of rotatable bonds is 5. The Balaban J connectivity index is 1.88. The molecule has 0 spiro atoms. The van der Waals surface area contributed by atoms with Crippen molar-refractivity contribution in [3.63, 3.8) is 0 Å². The van der Waals surface area contributed by atoms with Crippen molar-refractivity contribution in [3.8, 4) is 0 Å². The molecule has 3 nitrogen and oxygen atoms in total. The average molecular weight is 364 g/mol. The number of aryl methyl sites for hydroxylation is 1. The molecule has 1 amide bonds. The van der Waals surface area contributed by atoms with Crippen LogP contribution in [0.1, 0.15) is 42.2 Å². The Morgan fingerprint density at radius 1 is 1.65 bits per heavy atom. The number of amides is 1. The zero-order valence-corrected chi connectivity index (χ0v) is 12.6. The summed E-state index contributed by atoms with van der Waals surface area (Å²) >= 11 is 4.30. The molecule has 1 atom stereocenters. The zero-order chi connectivity index (χ0) is 12.3. The van der Waals surface area contributed by atoms with Gasteiger partial charge in [-0.1, -0.05) is 0 Å². The normalized spacial score (nSPS) is 19.0. The minimum atomic E-state index is -0.207. The van der Waals surface area contributed by atoms with E-state index in [0.717, 1.165) is 13.0 Å². The van der Waals surface area contributed by atoms with Crippen LogP contribution in [0.5, 0.6) is 0 Å². The molecule has 94 valence electrons. The van der Waals surface area contributed by atoms with Crippen molar-refractivity contribution in [3.05, 3.63) is 19.4 Å². The molecule has 5 heteroatoms. The molecule has 1 aromatic heterocycles. The predicted octanol–water partition coefficient (Wildman–Crippen LogP) is 2.59. The molecule has 0 radical (unpaired) electrons. The molecule has 0 aromatic carbocycles. The van der Waals surface area contributed by atoms with Crippen LogP contribution in [0.3, 0.4) is 0 Å². The number of thiophene rings is 1. The van der Waals surface area contributed by atoms with Crippen molar-refractivity contribution in [1.29, 1.82) is 0 Å². The highest BCUT2D eigenvalue weighted by atomic mass is 127. The number of halogens is 1. The van der Waals surface area contributed by atoms with Crippen LogP contribution in [0, 0.1) is 2.88 Å². The first-order valence-corrected chi connectivity index (χ1v) is 7.86. The predicted molar refractivity (Wildman–Crippen MR) is 79.1 cm³/mol. The van der Waals surface area contributed by atoms with Gasteiger partial charge in [0.2, 0.25) is 5.91 Å². The lowest BCUT2D eigenvalue weighted by molar-refractivity contribution is -0.118. The number of nitrogens with two attached hydrogens (primary N) is 1. The summed E-state index contributed by atoms with van der Waals surface area (Å²) in [5, 5.41) is 3.54. The van der Waals surface area contributed by atoms with E-state index in [4.69, 9.17) is 5.73 Å². The lowest BCUT2D eigenvalue weighted by Gasteiger charge is -2.23. The van der Waals surface area contributed by atoms with Gasteiger partial charge in [-0.25, -0.2) is 0 Å². The fraction of sp³-hybridized carbons (Fsp3) is 0.583. The van der Waals surface area contributed by atoms with Crippen LogP contribution in [-0.2, 0) is 11.2 Å². The topological polar surface area (TPSA) is 55.1 Å². The standard InChI is InChI=1S/C12H17IN2OS/c13-11-7-8-9(3-1-4-10(8)17-11)15-6-2-5-12(14)16/h7,9,15H,1-6H2,(H2,14,16). The van der Waals surface area contributed by atoms with Gasteiger partial charge in [-0.15, -0.1) is 11.3 Å². The van der Waals surface area contributed by atoms with E-state index in [9.17, 15) is 4.79 Å². The monoisotopic (exact) mass is 364 g/mol. The third-order valence-electron chi connectivity index (χ3n) is 3.07. The Morgan fingerprint density at radius 3 is 3.24 bits per heavy atom. The maximum atomic E-state index is 10.6. The highest BCUT2D eigenvalue weighted by Crippen LogP contribution is 2.36. The summed E-state index contributed by atoms with van der Waals surface area (Å²) in [6.07, 6.45) is 5.01. The Labute approximate surface area is 119 Å². The number of carbonyl (C=O) groups excluding carboxylic acids is 1. The van der Waals surface area contributed by atoms with Crippen LogP contribution in [0.4, 0.5) is 0 Å². The van der Waals surface area contributed by atoms with Gasteiger partial charge in [0.15, 0.2) is 0 Å². The molecule has 0 fully saturated rings. The van der Waals surface area contributed by atoms with Crippen molar-refractivity contribution < 1.29 is 4.79 Å². The molecule has 17 heavy (non-hydrogen) atoms. The summed E-state index contributed by atoms with van der Waals surface area (Å²) in [4.78, 5) is 12.2. The number of nitrogens with one attached hydrogen (secondary N) is 1. The van der Waals surface area contributed by atoms with Gasteiger partial charge in [-0.3, -0.25) is 4.79 Å². The van der Waals surface area contributed by atoms with Gasteiger partial charge in [-0.05, 0) is 66.4 Å². The highest BCUT2D eigenvalue weighted by molar-refractivity contribution is 14.1. The largest absolute Gasteiger partial charge is 0.370 e. The SMILES string of the molecule is NC(=O)CCCNC1CCCc2sc(I)cc21. The maximum absolute atomic E-state index is 10.6. The Kier molecular flexibility index (Phi) is 4.81. The third kappa shape index (κ3) is 3.66. The Hall–Kier alpha value is -0.140. The Morgan fingerprint density at radius 2 is 2.47 bits per heavy atom. The first kappa shape index (κ1) is 13.3. The smallest absolute Gasteiger partial charge is 0.217 e. The van der Waals surface area contributed by atoms with E-state index in [2.05, 4.69) is 34.0 Å². The molecule has 1 aromatic rings. The van der Waals surface area contributed by atoms with E-state index in [0.29, 0.717) is 12.5 Å². The summed E-state index contributed by atoms with van der Waals surface area (Å²) < 4.78 is 1.37. The van der Waals surface area contributed by atoms with Crippen LogP contribution in [0.15, 0.2) is 6.07 Å². The number of carbonyl (C=O) groups is 1. The molecule has 0 bridgehead atoms. The molecule has 3 N–H and O–H groups in total. The quantitative estimate of drug-likeness (QED) is 0.623. The first-order chi connectivity index (χ1) is 8.16. The minimum absolute atomic E-state index is 0.207. The van der Waals surface area contributed by atoms with Crippen LogP contribution in [-0.4, -0.2) is 12.5 Å². The molecular weight excluding hydrogens is 347 g/mol. The molecule has 1 heterocycles. The summed E-state index contributed by atoms with van der Waals surface area (Å²) in [5.41, 5.74) is 6.60. The van der Waals surface area contributed by atoms with Gasteiger partial charge in [-0.2, -0.15) is 0 Å². The molecular formula is C12H17IN2OS. The van der Waals surface area contributed by atoms with Crippen molar-refractivity contribution in [2.45, 2.75) is 38.1 Å². The van der Waals surface area contributed by atoms with Crippen LogP contribution >= 0.6 is 33.9 Å². The molecule has 1 unspecified atom stereocenters. The van der Waals surface area contributed by atoms with Gasteiger partial charge in [0.25, 0.3) is 0 Å². The van der Waals surface area contributed by atoms with Gasteiger partial charge < -0.3 is 11.1 Å². The molecule has 0 saturated carbocycles. The zero-order valence-electron chi connectivity index (χ0n) is 9.67. The average Bonchev–Trinajstić information content (AvgIpc) is 2.65. The van der Waals surface area contributed by atoms with E-state index < -0.39 is 0 Å². The van der Waals surface area contributed by atoms with E-state index in [1.54, 1.807) is 0 Å². The van der Waals surface area contributed by atoms with Crippen molar-refractivity contribution in [2.75, 3.05) is 6.54 Å². The van der Waals surface area contributed by atoms with Crippen molar-refractivity contribution in [1.82, 2.24) is 5.32 Å². The Bertz CT molecular complexity index is 405. The van der Waals surface area contributed by atoms with Gasteiger partial charge in [0.05, 0.1) is 2.88 Å². The third-order valence-corrected chi connectivity index (χ3v) is 5.05. The first-order valence-electron chi connectivity index (χ1n) is 5.96. The van der Waals surface area contributed by atoms with Crippen LogP contribution in [0.2, 0.25) is 0 Å². The molecule has 2 rings (SSSR count). The second-order valence-corrected chi connectivity index (χ2v) is 7.43. The van der Waals surface area contributed by atoms with E-state index in [-0.39, 0.29) is 5.91 Å². The summed E-state index contributed by atoms with van der Waals surface area (Å²) in [6, 6.07) is 2.78. The second kappa shape index (κ2) is 6.15. The van der Waals surface area contributed by atoms with Crippen LogP contribution in [0.25, 0.3) is 0 Å². The lowest BCUT2D eigenvalue weighted by Crippen LogP contribution is -2.26. The lowest BCUT2D eigenvalue weighted by atomic mass is 9.94. The maximum Gasteiger partial charge on any atom is 0.217 e. The number of hydrogen-bond donors (Lipinski definition) is 2. The van der Waals surface area contributed by atoms with Gasteiger partial charge in [0, 0.05) is 17.3 Å². The molecule has 1 aliphatic rings. The summed E-state index contributed by atoms with van der Waals surface area (Å²) in [6.45, 7) is 0.874. The van der Waals surface area contributed by atoms with Crippen LogP contribution < -0.4 is 11.1 Å². The van der Waals surface area contributed by atoms with Crippen molar-refractivity contribution >= 4 is 39.8 Å². The highest BCUT2D eigenvalue weighted by Gasteiger charge is 2.21. The van der Waals surface area contributed by atoms with Gasteiger partial charge >= 0.3 is 0 Å². The number of hydrogen-bond acceptors (Lipinski definition) is 3. The van der Waals surface area contributed by atoms with E-state index >= 15 is 0 Å². The number of primary amides is 1. The molecule has 0 saturated heterocycles. The summed E-state index contributed by atoms with van der Waals surface area (Å²) in [5.74, 6) is -0.207. The second-order valence-electron chi connectivity index (χ2n) is 4.40. The fourth-order valence-corrected chi connectivity index (χ4v) is 4.39.